The number of halogens is 1. The molecule has 0 saturated heterocycles. The molecule has 1 saturated carbocycles. The smallest absolute Gasteiger partial charge is 0.131 e. The van der Waals surface area contributed by atoms with Crippen LogP contribution in [-0.4, -0.2) is 11.7 Å². The monoisotopic (exact) mass is 258 g/mol. The lowest BCUT2D eigenvalue weighted by Gasteiger charge is -2.28. The highest BCUT2D eigenvalue weighted by atomic mass is 19.1. The van der Waals surface area contributed by atoms with Gasteiger partial charge in [-0.25, -0.2) is 4.39 Å². The van der Waals surface area contributed by atoms with Crippen molar-refractivity contribution in [1.29, 1.82) is 0 Å². The first kappa shape index (κ1) is 12.6. The van der Waals surface area contributed by atoms with Gasteiger partial charge < -0.3 is 5.11 Å². The standard InChI is InChI=1S/C17H19FO/c18-17-10-9-14(15-3-1-2-4-16(15)17)13-7-5-12(11-19)6-8-13/h1-4,9-10,12-13,19H,5-8,11H2. The van der Waals surface area contributed by atoms with Crippen LogP contribution in [0.3, 0.4) is 0 Å². The first-order valence-corrected chi connectivity index (χ1v) is 7.07. The summed E-state index contributed by atoms with van der Waals surface area (Å²) in [5.41, 5.74) is 1.27. The van der Waals surface area contributed by atoms with Crippen molar-refractivity contribution in [2.24, 2.45) is 5.92 Å². The second-order valence-corrected chi connectivity index (χ2v) is 5.58. The predicted octanol–water partition coefficient (Wildman–Crippen LogP) is 4.25. The minimum Gasteiger partial charge on any atom is -0.396 e. The summed E-state index contributed by atoms with van der Waals surface area (Å²) in [6, 6.07) is 11.3. The molecule has 2 heteroatoms. The van der Waals surface area contributed by atoms with E-state index in [-0.39, 0.29) is 5.82 Å². The van der Waals surface area contributed by atoms with E-state index >= 15 is 0 Å². The van der Waals surface area contributed by atoms with Gasteiger partial charge in [0.1, 0.15) is 5.82 Å². The van der Waals surface area contributed by atoms with Crippen LogP contribution >= 0.6 is 0 Å². The van der Waals surface area contributed by atoms with Gasteiger partial charge in [0.2, 0.25) is 0 Å². The summed E-state index contributed by atoms with van der Waals surface area (Å²) in [6.45, 7) is 0.302. The van der Waals surface area contributed by atoms with Gasteiger partial charge in [-0.15, -0.1) is 0 Å². The zero-order chi connectivity index (χ0) is 13.2. The van der Waals surface area contributed by atoms with Crippen molar-refractivity contribution in [3.63, 3.8) is 0 Å². The number of aliphatic hydroxyl groups excluding tert-OH is 1. The van der Waals surface area contributed by atoms with Gasteiger partial charge in [0.15, 0.2) is 0 Å². The molecule has 1 aliphatic carbocycles. The molecule has 0 spiro atoms. The SMILES string of the molecule is OCC1CCC(c2ccc(F)c3ccccc23)CC1. The fourth-order valence-electron chi connectivity index (χ4n) is 3.30. The second kappa shape index (κ2) is 5.30. The molecule has 0 aromatic heterocycles. The summed E-state index contributed by atoms with van der Waals surface area (Å²) < 4.78 is 13.8. The van der Waals surface area contributed by atoms with E-state index in [0.717, 1.165) is 36.5 Å². The van der Waals surface area contributed by atoms with Crippen LogP contribution in [-0.2, 0) is 0 Å². The average Bonchev–Trinajstić information content (AvgIpc) is 2.48. The zero-order valence-corrected chi connectivity index (χ0v) is 11.0. The molecule has 100 valence electrons. The Morgan fingerprint density at radius 3 is 2.32 bits per heavy atom. The molecule has 2 aromatic rings. The third-order valence-electron chi connectivity index (χ3n) is 4.45. The lowest BCUT2D eigenvalue weighted by molar-refractivity contribution is 0.182. The third kappa shape index (κ3) is 2.37. The topological polar surface area (TPSA) is 20.2 Å². The maximum Gasteiger partial charge on any atom is 0.131 e. The van der Waals surface area contributed by atoms with Gasteiger partial charge >= 0.3 is 0 Å². The van der Waals surface area contributed by atoms with Crippen LogP contribution in [0.2, 0.25) is 0 Å². The van der Waals surface area contributed by atoms with Gasteiger partial charge in [-0.2, -0.15) is 0 Å². The average molecular weight is 258 g/mol. The van der Waals surface area contributed by atoms with Crippen molar-refractivity contribution in [3.8, 4) is 0 Å². The van der Waals surface area contributed by atoms with Gasteiger partial charge in [0.05, 0.1) is 0 Å². The zero-order valence-electron chi connectivity index (χ0n) is 11.0. The van der Waals surface area contributed by atoms with E-state index in [9.17, 15) is 9.50 Å². The molecule has 0 radical (unpaired) electrons. The minimum absolute atomic E-state index is 0.136. The Labute approximate surface area is 113 Å². The lowest BCUT2D eigenvalue weighted by atomic mass is 9.78. The van der Waals surface area contributed by atoms with Crippen LogP contribution in [0.5, 0.6) is 0 Å². The first-order valence-electron chi connectivity index (χ1n) is 7.07. The molecule has 19 heavy (non-hydrogen) atoms. The van der Waals surface area contributed by atoms with E-state index in [1.54, 1.807) is 6.07 Å². The maximum atomic E-state index is 13.8. The fourth-order valence-corrected chi connectivity index (χ4v) is 3.30. The molecule has 0 atom stereocenters. The van der Waals surface area contributed by atoms with Crippen molar-refractivity contribution in [2.45, 2.75) is 31.6 Å². The summed E-state index contributed by atoms with van der Waals surface area (Å²) in [6.07, 6.45) is 4.35. The summed E-state index contributed by atoms with van der Waals surface area (Å²) in [5.74, 6) is 0.833. The summed E-state index contributed by atoms with van der Waals surface area (Å²) in [7, 11) is 0. The lowest BCUT2D eigenvalue weighted by Crippen LogP contribution is -2.16. The van der Waals surface area contributed by atoms with E-state index in [4.69, 9.17) is 0 Å². The number of fused-ring (bicyclic) bond motifs is 1. The largest absolute Gasteiger partial charge is 0.396 e. The van der Waals surface area contributed by atoms with Gasteiger partial charge in [-0.1, -0.05) is 30.3 Å². The van der Waals surface area contributed by atoms with Crippen molar-refractivity contribution in [2.75, 3.05) is 6.61 Å². The highest BCUT2D eigenvalue weighted by Crippen LogP contribution is 2.38. The molecular formula is C17H19FO. The van der Waals surface area contributed by atoms with E-state index < -0.39 is 0 Å². The number of aliphatic hydroxyl groups is 1. The van der Waals surface area contributed by atoms with Crippen LogP contribution in [0.4, 0.5) is 4.39 Å². The van der Waals surface area contributed by atoms with Crippen molar-refractivity contribution in [3.05, 3.63) is 47.8 Å². The quantitative estimate of drug-likeness (QED) is 0.854. The third-order valence-corrected chi connectivity index (χ3v) is 4.45. The molecule has 1 nitrogen and oxygen atoms in total. The summed E-state index contributed by atoms with van der Waals surface area (Å²) in [4.78, 5) is 0. The van der Waals surface area contributed by atoms with Gasteiger partial charge in [0, 0.05) is 12.0 Å². The Kier molecular flexibility index (Phi) is 3.52. The highest BCUT2D eigenvalue weighted by Gasteiger charge is 2.23. The Morgan fingerprint density at radius 1 is 0.947 bits per heavy atom. The molecular weight excluding hydrogens is 239 g/mol. The highest BCUT2D eigenvalue weighted by molar-refractivity contribution is 5.86. The molecule has 1 fully saturated rings. The number of hydrogen-bond donors (Lipinski definition) is 1. The molecule has 0 bridgehead atoms. The maximum absolute atomic E-state index is 13.8. The van der Waals surface area contributed by atoms with Crippen LogP contribution in [0.1, 0.15) is 37.2 Å². The molecule has 1 aliphatic rings. The molecule has 0 heterocycles. The number of hydrogen-bond acceptors (Lipinski definition) is 1. The van der Waals surface area contributed by atoms with E-state index in [2.05, 4.69) is 0 Å². The van der Waals surface area contributed by atoms with Crippen molar-refractivity contribution < 1.29 is 9.50 Å². The fraction of sp³-hybridized carbons (Fsp3) is 0.412. The van der Waals surface area contributed by atoms with Crippen LogP contribution in [0.15, 0.2) is 36.4 Å². The predicted molar refractivity (Wildman–Crippen MR) is 75.7 cm³/mol. The Bertz CT molecular complexity index is 570. The van der Waals surface area contributed by atoms with E-state index in [1.807, 2.05) is 30.3 Å². The van der Waals surface area contributed by atoms with Gasteiger partial charge in [0.25, 0.3) is 0 Å². The molecule has 0 unspecified atom stereocenters. The number of benzene rings is 2. The van der Waals surface area contributed by atoms with Gasteiger partial charge in [-0.3, -0.25) is 0 Å². The van der Waals surface area contributed by atoms with Crippen LogP contribution < -0.4 is 0 Å². The normalized spacial score (nSPS) is 23.7. The summed E-state index contributed by atoms with van der Waals surface area (Å²) >= 11 is 0. The van der Waals surface area contributed by atoms with Gasteiger partial charge in [-0.05, 0) is 54.5 Å². The number of rotatable bonds is 2. The molecule has 0 amide bonds. The van der Waals surface area contributed by atoms with Crippen molar-refractivity contribution in [1.82, 2.24) is 0 Å². The second-order valence-electron chi connectivity index (χ2n) is 5.58. The molecule has 3 rings (SSSR count). The van der Waals surface area contributed by atoms with E-state index in [0.29, 0.717) is 18.4 Å². The molecule has 2 aromatic carbocycles. The van der Waals surface area contributed by atoms with Crippen LogP contribution in [0, 0.1) is 11.7 Å². The van der Waals surface area contributed by atoms with Crippen molar-refractivity contribution >= 4 is 10.8 Å². The summed E-state index contributed by atoms with van der Waals surface area (Å²) in [5, 5.41) is 11.0. The molecule has 0 aliphatic heterocycles. The van der Waals surface area contributed by atoms with Crippen LogP contribution in [0.25, 0.3) is 10.8 Å². The molecule has 1 N–H and O–H groups in total. The minimum atomic E-state index is -0.136. The van der Waals surface area contributed by atoms with E-state index in [1.165, 1.54) is 5.56 Å². The Hall–Kier alpha value is -1.41. The Balaban J connectivity index is 1.95. The first-order chi connectivity index (χ1) is 9.29. The Morgan fingerprint density at radius 2 is 1.63 bits per heavy atom.